The second-order valence-electron chi connectivity index (χ2n) is 5.49. The molecule has 1 aromatic rings. The molecule has 1 aromatic heterocycles. The van der Waals surface area contributed by atoms with Gasteiger partial charge in [0.25, 0.3) is 0 Å². The van der Waals surface area contributed by atoms with Crippen molar-refractivity contribution in [2.75, 3.05) is 11.9 Å². The molecule has 3 nitrogen and oxygen atoms in total. The molecule has 0 aliphatic heterocycles. The first-order valence-corrected chi connectivity index (χ1v) is 7.13. The predicted octanol–water partition coefficient (Wildman–Crippen LogP) is 3.26. The quantitative estimate of drug-likeness (QED) is 0.834. The number of anilines is 1. The van der Waals surface area contributed by atoms with Crippen LogP contribution >= 0.6 is 0 Å². The smallest absolute Gasteiger partial charge is 0.0569 e. The highest BCUT2D eigenvalue weighted by Crippen LogP contribution is 2.25. The summed E-state index contributed by atoms with van der Waals surface area (Å²) in [4.78, 5) is 6.84. The third-order valence-electron chi connectivity index (χ3n) is 4.02. The van der Waals surface area contributed by atoms with Crippen molar-refractivity contribution in [2.45, 2.75) is 57.5 Å². The van der Waals surface area contributed by atoms with Gasteiger partial charge in [-0.3, -0.25) is 4.98 Å². The molecule has 0 radical (unpaired) electrons. The minimum absolute atomic E-state index is 0.0160. The van der Waals surface area contributed by atoms with Crippen molar-refractivity contribution in [3.63, 3.8) is 0 Å². The van der Waals surface area contributed by atoms with Gasteiger partial charge in [0, 0.05) is 19.1 Å². The summed E-state index contributed by atoms with van der Waals surface area (Å²) in [5.74, 6) is 0. The predicted molar refractivity (Wildman–Crippen MR) is 76.7 cm³/mol. The SMILES string of the molecule is CC(N)c1ccc(N(C)C2CCCCCC2)cn1. The Morgan fingerprint density at radius 3 is 2.39 bits per heavy atom. The first-order chi connectivity index (χ1) is 8.68. The van der Waals surface area contributed by atoms with E-state index >= 15 is 0 Å². The molecule has 2 rings (SSSR count). The van der Waals surface area contributed by atoms with Crippen LogP contribution in [-0.2, 0) is 0 Å². The van der Waals surface area contributed by atoms with Gasteiger partial charge < -0.3 is 10.6 Å². The highest BCUT2D eigenvalue weighted by Gasteiger charge is 2.17. The first kappa shape index (κ1) is 13.3. The topological polar surface area (TPSA) is 42.1 Å². The Hall–Kier alpha value is -1.09. The Morgan fingerprint density at radius 2 is 1.89 bits per heavy atom. The number of nitrogens with zero attached hydrogens (tertiary/aromatic N) is 2. The molecule has 3 heteroatoms. The fourth-order valence-electron chi connectivity index (χ4n) is 2.73. The Balaban J connectivity index is 2.05. The number of aromatic nitrogens is 1. The fourth-order valence-corrected chi connectivity index (χ4v) is 2.73. The molecule has 1 unspecified atom stereocenters. The second kappa shape index (κ2) is 6.19. The molecule has 1 fully saturated rings. The van der Waals surface area contributed by atoms with E-state index in [1.54, 1.807) is 0 Å². The molecule has 1 aliphatic carbocycles. The van der Waals surface area contributed by atoms with Gasteiger partial charge in [-0.15, -0.1) is 0 Å². The van der Waals surface area contributed by atoms with Crippen molar-refractivity contribution >= 4 is 5.69 Å². The Kier molecular flexibility index (Phi) is 4.59. The van der Waals surface area contributed by atoms with Crippen molar-refractivity contribution in [3.05, 3.63) is 24.0 Å². The van der Waals surface area contributed by atoms with E-state index in [1.807, 2.05) is 19.2 Å². The summed E-state index contributed by atoms with van der Waals surface area (Å²) in [5, 5.41) is 0. The van der Waals surface area contributed by atoms with Gasteiger partial charge in [-0.2, -0.15) is 0 Å². The van der Waals surface area contributed by atoms with Crippen LogP contribution in [0.5, 0.6) is 0 Å². The van der Waals surface area contributed by atoms with Gasteiger partial charge in [0.15, 0.2) is 0 Å². The van der Waals surface area contributed by atoms with E-state index in [9.17, 15) is 0 Å². The molecular weight excluding hydrogens is 222 g/mol. The van der Waals surface area contributed by atoms with Gasteiger partial charge >= 0.3 is 0 Å². The van der Waals surface area contributed by atoms with Crippen LogP contribution in [0.2, 0.25) is 0 Å². The highest BCUT2D eigenvalue weighted by atomic mass is 15.1. The zero-order chi connectivity index (χ0) is 13.0. The van der Waals surface area contributed by atoms with E-state index in [0.717, 1.165) is 5.69 Å². The van der Waals surface area contributed by atoms with Gasteiger partial charge in [0.2, 0.25) is 0 Å². The van der Waals surface area contributed by atoms with Gasteiger partial charge in [0.05, 0.1) is 17.6 Å². The van der Waals surface area contributed by atoms with E-state index in [2.05, 4.69) is 23.0 Å². The summed E-state index contributed by atoms with van der Waals surface area (Å²) in [7, 11) is 2.19. The molecule has 0 amide bonds. The van der Waals surface area contributed by atoms with Crippen LogP contribution in [0.1, 0.15) is 57.2 Å². The summed E-state index contributed by atoms with van der Waals surface area (Å²) in [6.45, 7) is 1.97. The summed E-state index contributed by atoms with van der Waals surface area (Å²) in [6.07, 6.45) is 10.1. The Bertz CT molecular complexity index is 351. The van der Waals surface area contributed by atoms with E-state index in [0.29, 0.717) is 6.04 Å². The zero-order valence-corrected chi connectivity index (χ0v) is 11.6. The minimum atomic E-state index is 0.0160. The molecule has 0 spiro atoms. The number of hydrogen-bond donors (Lipinski definition) is 1. The second-order valence-corrected chi connectivity index (χ2v) is 5.49. The van der Waals surface area contributed by atoms with Gasteiger partial charge in [0.1, 0.15) is 0 Å². The van der Waals surface area contributed by atoms with Crippen LogP contribution in [0.3, 0.4) is 0 Å². The molecule has 1 heterocycles. The number of pyridine rings is 1. The maximum Gasteiger partial charge on any atom is 0.0569 e. The van der Waals surface area contributed by atoms with Crippen molar-refractivity contribution in [3.8, 4) is 0 Å². The van der Waals surface area contributed by atoms with Crippen molar-refractivity contribution < 1.29 is 0 Å². The zero-order valence-electron chi connectivity index (χ0n) is 11.6. The van der Waals surface area contributed by atoms with Crippen LogP contribution in [0, 0.1) is 0 Å². The number of nitrogens with two attached hydrogens (primary N) is 1. The highest BCUT2D eigenvalue weighted by molar-refractivity contribution is 5.45. The lowest BCUT2D eigenvalue weighted by Gasteiger charge is -2.29. The first-order valence-electron chi connectivity index (χ1n) is 7.13. The minimum Gasteiger partial charge on any atom is -0.370 e. The molecule has 2 N–H and O–H groups in total. The lowest BCUT2D eigenvalue weighted by molar-refractivity contribution is 0.552. The van der Waals surface area contributed by atoms with Crippen molar-refractivity contribution in [2.24, 2.45) is 5.73 Å². The average Bonchev–Trinajstić information content (AvgIpc) is 2.67. The van der Waals surface area contributed by atoms with Gasteiger partial charge in [-0.1, -0.05) is 25.7 Å². The normalized spacial score (nSPS) is 19.3. The van der Waals surface area contributed by atoms with E-state index < -0.39 is 0 Å². The van der Waals surface area contributed by atoms with E-state index in [1.165, 1.54) is 44.2 Å². The monoisotopic (exact) mass is 247 g/mol. The van der Waals surface area contributed by atoms with Crippen LogP contribution in [0.4, 0.5) is 5.69 Å². The maximum atomic E-state index is 5.83. The molecule has 1 saturated carbocycles. The summed E-state index contributed by atoms with van der Waals surface area (Å²) < 4.78 is 0. The maximum absolute atomic E-state index is 5.83. The van der Waals surface area contributed by atoms with Gasteiger partial charge in [-0.25, -0.2) is 0 Å². The van der Waals surface area contributed by atoms with Crippen LogP contribution < -0.4 is 10.6 Å². The standard InChI is InChI=1S/C15H25N3/c1-12(16)15-10-9-14(11-17-15)18(2)13-7-5-3-4-6-8-13/h9-13H,3-8,16H2,1-2H3. The largest absolute Gasteiger partial charge is 0.370 e. The molecule has 18 heavy (non-hydrogen) atoms. The number of rotatable bonds is 3. The molecule has 0 bridgehead atoms. The van der Waals surface area contributed by atoms with Gasteiger partial charge in [-0.05, 0) is 31.9 Å². The molecule has 100 valence electrons. The lowest BCUT2D eigenvalue weighted by atomic mass is 10.1. The third kappa shape index (κ3) is 3.22. The van der Waals surface area contributed by atoms with Crippen molar-refractivity contribution in [1.29, 1.82) is 0 Å². The van der Waals surface area contributed by atoms with Crippen molar-refractivity contribution in [1.82, 2.24) is 4.98 Å². The summed E-state index contributed by atoms with van der Waals surface area (Å²) >= 11 is 0. The summed E-state index contributed by atoms with van der Waals surface area (Å²) in [6, 6.07) is 4.89. The Labute approximate surface area is 110 Å². The Morgan fingerprint density at radius 1 is 1.22 bits per heavy atom. The number of hydrogen-bond acceptors (Lipinski definition) is 3. The molecular formula is C15H25N3. The van der Waals surface area contributed by atoms with Crippen LogP contribution in [-0.4, -0.2) is 18.1 Å². The van der Waals surface area contributed by atoms with E-state index in [-0.39, 0.29) is 6.04 Å². The average molecular weight is 247 g/mol. The lowest BCUT2D eigenvalue weighted by Crippen LogP contribution is -2.31. The fraction of sp³-hybridized carbons (Fsp3) is 0.667. The molecule has 0 aromatic carbocycles. The molecule has 0 saturated heterocycles. The summed E-state index contributed by atoms with van der Waals surface area (Å²) in [5.41, 5.74) is 8.01. The molecule has 1 atom stereocenters. The molecule has 1 aliphatic rings. The van der Waals surface area contributed by atoms with E-state index in [4.69, 9.17) is 5.73 Å². The van der Waals surface area contributed by atoms with Crippen LogP contribution in [0.25, 0.3) is 0 Å². The third-order valence-corrected chi connectivity index (χ3v) is 4.02. The van der Waals surface area contributed by atoms with Crippen LogP contribution in [0.15, 0.2) is 18.3 Å².